The zero-order valence-corrected chi connectivity index (χ0v) is 12.0. The van der Waals surface area contributed by atoms with Gasteiger partial charge in [-0.05, 0) is 40.5 Å². The highest BCUT2D eigenvalue weighted by Gasteiger charge is 2.52. The van der Waals surface area contributed by atoms with Gasteiger partial charge in [-0.2, -0.15) is 0 Å². The fourth-order valence-corrected chi connectivity index (χ4v) is 1.67. The van der Waals surface area contributed by atoms with Crippen molar-refractivity contribution in [2.24, 2.45) is 5.73 Å². The van der Waals surface area contributed by atoms with Crippen molar-refractivity contribution in [2.45, 2.75) is 57.7 Å². The van der Waals surface area contributed by atoms with E-state index in [9.17, 15) is 0 Å². The van der Waals surface area contributed by atoms with Crippen LogP contribution in [0, 0.1) is 0 Å². The van der Waals surface area contributed by atoms with Gasteiger partial charge in [0.05, 0.1) is 11.2 Å². The van der Waals surface area contributed by atoms with Crippen molar-refractivity contribution >= 4 is 31.1 Å². The molecule has 1 rings (SSSR count). The molecule has 1 aliphatic heterocycles. The zero-order valence-electron chi connectivity index (χ0n) is 10.5. The molecule has 1 fully saturated rings. The average Bonchev–Trinajstić information content (AvgIpc) is 2.32. The van der Waals surface area contributed by atoms with Crippen LogP contribution < -0.4 is 5.73 Å². The summed E-state index contributed by atoms with van der Waals surface area (Å²) >= 11 is 5.63. The minimum absolute atomic E-state index is 0. The minimum Gasteiger partial charge on any atom is -0.402 e. The molecule has 1 saturated heterocycles. The number of alkyl halides is 1. The normalized spacial score (nSPS) is 24.0. The van der Waals surface area contributed by atoms with Gasteiger partial charge in [0.1, 0.15) is 0 Å². The SMILES string of the molecule is CC1(C)OB(C(N)CCCCl)OC1(C)C.Cl. The Kier molecular flexibility index (Phi) is 6.11. The van der Waals surface area contributed by atoms with Crippen molar-refractivity contribution in [3.05, 3.63) is 0 Å². The van der Waals surface area contributed by atoms with Crippen LogP contribution in [0.15, 0.2) is 0 Å². The van der Waals surface area contributed by atoms with E-state index in [1.54, 1.807) is 0 Å². The Labute approximate surface area is 110 Å². The molecule has 0 aromatic rings. The van der Waals surface area contributed by atoms with E-state index in [4.69, 9.17) is 26.6 Å². The lowest BCUT2D eigenvalue weighted by Gasteiger charge is -2.32. The fraction of sp³-hybridized carbons (Fsp3) is 1.00. The lowest BCUT2D eigenvalue weighted by Crippen LogP contribution is -2.41. The number of rotatable bonds is 4. The molecule has 1 atom stereocenters. The average molecular weight is 270 g/mol. The van der Waals surface area contributed by atoms with Crippen molar-refractivity contribution in [2.75, 3.05) is 5.88 Å². The highest BCUT2D eigenvalue weighted by Crippen LogP contribution is 2.37. The molecule has 1 heterocycles. The van der Waals surface area contributed by atoms with E-state index in [2.05, 4.69) is 0 Å². The van der Waals surface area contributed by atoms with Crippen LogP contribution in [0.3, 0.4) is 0 Å². The minimum atomic E-state index is -0.307. The van der Waals surface area contributed by atoms with Gasteiger partial charge in [-0.15, -0.1) is 24.0 Å². The van der Waals surface area contributed by atoms with E-state index >= 15 is 0 Å². The molecule has 0 bridgehead atoms. The molecule has 1 aliphatic rings. The lowest BCUT2D eigenvalue weighted by atomic mass is 9.76. The molecule has 1 unspecified atom stereocenters. The molecule has 0 radical (unpaired) electrons. The Bertz CT molecular complexity index is 211. The predicted molar refractivity (Wildman–Crippen MR) is 71.3 cm³/mol. The van der Waals surface area contributed by atoms with E-state index in [1.165, 1.54) is 0 Å². The molecular formula is C10H22BCl2NO2. The van der Waals surface area contributed by atoms with Crippen LogP contribution in [0.1, 0.15) is 40.5 Å². The van der Waals surface area contributed by atoms with Gasteiger partial charge >= 0.3 is 7.12 Å². The second kappa shape index (κ2) is 5.92. The van der Waals surface area contributed by atoms with E-state index in [0.717, 1.165) is 12.8 Å². The Hall–Kier alpha value is 0.525. The highest BCUT2D eigenvalue weighted by atomic mass is 35.5. The molecular weight excluding hydrogens is 248 g/mol. The predicted octanol–water partition coefficient (Wildman–Crippen LogP) is 2.39. The maximum atomic E-state index is 6.00. The molecule has 0 aromatic carbocycles. The first kappa shape index (κ1) is 16.5. The van der Waals surface area contributed by atoms with E-state index < -0.39 is 0 Å². The summed E-state index contributed by atoms with van der Waals surface area (Å²) in [7, 11) is -0.307. The quantitative estimate of drug-likeness (QED) is 0.630. The molecule has 6 heteroatoms. The summed E-state index contributed by atoms with van der Waals surface area (Å²) in [5.74, 6) is 0.539. The molecule has 0 amide bonds. The highest BCUT2D eigenvalue weighted by molar-refractivity contribution is 6.47. The van der Waals surface area contributed by atoms with Crippen LogP contribution in [0.5, 0.6) is 0 Å². The molecule has 0 aliphatic carbocycles. The Balaban J connectivity index is 0.00000225. The third-order valence-electron chi connectivity index (χ3n) is 3.29. The van der Waals surface area contributed by atoms with Crippen LogP contribution in [0.4, 0.5) is 0 Å². The monoisotopic (exact) mass is 269 g/mol. The first-order valence-electron chi connectivity index (χ1n) is 5.47. The van der Waals surface area contributed by atoms with E-state index in [-0.39, 0.29) is 36.7 Å². The summed E-state index contributed by atoms with van der Waals surface area (Å²) in [6.45, 7) is 8.12. The first-order chi connectivity index (χ1) is 6.80. The number of nitrogens with two attached hydrogens (primary N) is 1. The van der Waals surface area contributed by atoms with Crippen LogP contribution in [0.2, 0.25) is 0 Å². The van der Waals surface area contributed by atoms with Gasteiger partial charge in [-0.1, -0.05) is 0 Å². The smallest absolute Gasteiger partial charge is 0.402 e. The third-order valence-corrected chi connectivity index (χ3v) is 3.56. The zero-order chi connectivity index (χ0) is 11.7. The maximum absolute atomic E-state index is 6.00. The Morgan fingerprint density at radius 3 is 2.00 bits per heavy atom. The summed E-state index contributed by atoms with van der Waals surface area (Å²) in [6, 6.07) is 0. The van der Waals surface area contributed by atoms with Crippen LogP contribution in [-0.4, -0.2) is 30.1 Å². The number of hydrogen-bond donors (Lipinski definition) is 1. The summed E-state index contributed by atoms with van der Waals surface area (Å²) in [5, 5.41) is 0. The molecule has 0 saturated carbocycles. The van der Waals surface area contributed by atoms with Crippen molar-refractivity contribution in [3.8, 4) is 0 Å². The van der Waals surface area contributed by atoms with Crippen molar-refractivity contribution in [1.82, 2.24) is 0 Å². The number of hydrogen-bond acceptors (Lipinski definition) is 3. The van der Waals surface area contributed by atoms with Gasteiger partial charge in [0.25, 0.3) is 0 Å². The van der Waals surface area contributed by atoms with Gasteiger partial charge in [-0.25, -0.2) is 0 Å². The van der Waals surface area contributed by atoms with Crippen molar-refractivity contribution < 1.29 is 9.31 Å². The molecule has 0 aromatic heterocycles. The van der Waals surface area contributed by atoms with Crippen LogP contribution in [0.25, 0.3) is 0 Å². The largest absolute Gasteiger partial charge is 0.475 e. The summed E-state index contributed by atoms with van der Waals surface area (Å²) in [6.07, 6.45) is 1.73. The number of halogens is 2. The third kappa shape index (κ3) is 3.51. The van der Waals surface area contributed by atoms with Gasteiger partial charge in [-0.3, -0.25) is 0 Å². The van der Waals surface area contributed by atoms with E-state index in [1.807, 2.05) is 27.7 Å². The second-order valence-corrected chi connectivity index (χ2v) is 5.50. The lowest BCUT2D eigenvalue weighted by molar-refractivity contribution is 0.00578. The van der Waals surface area contributed by atoms with Gasteiger partial charge in [0.2, 0.25) is 0 Å². The molecule has 16 heavy (non-hydrogen) atoms. The summed E-state index contributed by atoms with van der Waals surface area (Å²) in [4.78, 5) is 0. The summed E-state index contributed by atoms with van der Waals surface area (Å²) < 4.78 is 11.7. The maximum Gasteiger partial charge on any atom is 0.475 e. The topological polar surface area (TPSA) is 44.5 Å². The first-order valence-corrected chi connectivity index (χ1v) is 6.01. The second-order valence-electron chi connectivity index (χ2n) is 5.12. The fourth-order valence-electron chi connectivity index (χ4n) is 1.51. The molecule has 2 N–H and O–H groups in total. The van der Waals surface area contributed by atoms with Gasteiger partial charge in [0, 0.05) is 11.8 Å². The van der Waals surface area contributed by atoms with Gasteiger partial charge in [0.15, 0.2) is 0 Å². The van der Waals surface area contributed by atoms with Gasteiger partial charge < -0.3 is 15.0 Å². The molecule has 0 spiro atoms. The standard InChI is InChI=1S/C10H21BClNO2.ClH/c1-9(2)10(3,4)15-11(14-9)8(13)6-5-7-12;/h8H,5-7,13H2,1-4H3;1H. The van der Waals surface area contributed by atoms with Crippen LogP contribution in [-0.2, 0) is 9.31 Å². The molecule has 96 valence electrons. The Morgan fingerprint density at radius 1 is 1.19 bits per heavy atom. The van der Waals surface area contributed by atoms with Crippen LogP contribution >= 0.6 is 24.0 Å². The van der Waals surface area contributed by atoms with Crippen molar-refractivity contribution in [3.63, 3.8) is 0 Å². The Morgan fingerprint density at radius 2 is 1.62 bits per heavy atom. The van der Waals surface area contributed by atoms with E-state index in [0.29, 0.717) is 5.88 Å². The summed E-state index contributed by atoms with van der Waals surface area (Å²) in [5.41, 5.74) is 5.41. The molecule has 3 nitrogen and oxygen atoms in total. The van der Waals surface area contributed by atoms with Crippen molar-refractivity contribution in [1.29, 1.82) is 0 Å².